The van der Waals surface area contributed by atoms with Crippen molar-refractivity contribution < 1.29 is 4.79 Å². The van der Waals surface area contributed by atoms with E-state index in [4.69, 9.17) is 0 Å². The smallest absolute Gasteiger partial charge is 0.274 e. The average Bonchev–Trinajstić information content (AvgIpc) is 3.37. The number of carbonyl (C=O) groups excluding carboxylic acids is 1. The summed E-state index contributed by atoms with van der Waals surface area (Å²) in [6, 6.07) is 0.541. The molecule has 7 heteroatoms. The lowest BCUT2D eigenvalue weighted by Gasteiger charge is -2.33. The van der Waals surface area contributed by atoms with Crippen LogP contribution < -0.4 is 0 Å². The van der Waals surface area contributed by atoms with E-state index in [1.807, 2.05) is 34.1 Å². The number of hydrogen-bond acceptors (Lipinski definition) is 4. The summed E-state index contributed by atoms with van der Waals surface area (Å²) in [5.41, 5.74) is 1.77. The van der Waals surface area contributed by atoms with Crippen molar-refractivity contribution >= 4 is 5.91 Å². The Labute approximate surface area is 153 Å². The second kappa shape index (κ2) is 6.72. The molecule has 0 aliphatic carbocycles. The maximum atomic E-state index is 12.6. The summed E-state index contributed by atoms with van der Waals surface area (Å²) in [6.45, 7) is 10.4. The number of aromatic nitrogens is 4. The Balaban J connectivity index is 1.49. The van der Waals surface area contributed by atoms with E-state index in [1.54, 1.807) is 0 Å². The van der Waals surface area contributed by atoms with E-state index in [0.29, 0.717) is 24.8 Å². The minimum absolute atomic E-state index is 0.0221. The zero-order valence-corrected chi connectivity index (χ0v) is 15.7. The maximum absolute atomic E-state index is 12.6. The van der Waals surface area contributed by atoms with Gasteiger partial charge in [-0.25, -0.2) is 4.98 Å². The molecule has 1 amide bonds. The molecule has 138 valence electrons. The van der Waals surface area contributed by atoms with Crippen molar-refractivity contribution in [2.75, 3.05) is 19.6 Å². The molecule has 2 aromatic heterocycles. The summed E-state index contributed by atoms with van der Waals surface area (Å²) >= 11 is 0. The predicted molar refractivity (Wildman–Crippen MR) is 98.7 cm³/mol. The molecule has 4 rings (SSSR count). The molecule has 0 aromatic carbocycles. The molecule has 1 unspecified atom stereocenters. The van der Waals surface area contributed by atoms with Crippen molar-refractivity contribution in [1.29, 1.82) is 0 Å². The van der Waals surface area contributed by atoms with Crippen LogP contribution in [0.5, 0.6) is 0 Å². The molecule has 0 bridgehead atoms. The van der Waals surface area contributed by atoms with E-state index in [0.717, 1.165) is 25.5 Å². The van der Waals surface area contributed by atoms with Gasteiger partial charge in [0, 0.05) is 56.7 Å². The van der Waals surface area contributed by atoms with Gasteiger partial charge in [-0.1, -0.05) is 12.2 Å². The van der Waals surface area contributed by atoms with Gasteiger partial charge in [0.1, 0.15) is 11.5 Å². The Hall–Kier alpha value is -2.41. The lowest BCUT2D eigenvalue weighted by Crippen LogP contribution is -2.36. The van der Waals surface area contributed by atoms with E-state index < -0.39 is 0 Å². The van der Waals surface area contributed by atoms with Gasteiger partial charge in [-0.2, -0.15) is 5.10 Å². The second-order valence-corrected chi connectivity index (χ2v) is 7.43. The number of fused-ring (bicyclic) bond motifs is 1. The minimum Gasteiger partial charge on any atom is -0.331 e. The lowest BCUT2D eigenvalue weighted by atomic mass is 10.2. The lowest BCUT2D eigenvalue weighted by molar-refractivity contribution is 0.0794. The molecule has 7 nitrogen and oxygen atoms in total. The van der Waals surface area contributed by atoms with Crippen LogP contribution in [0.3, 0.4) is 0 Å². The number of hydrogen-bond donors (Lipinski definition) is 0. The molecule has 2 aliphatic heterocycles. The third kappa shape index (κ3) is 3.07. The largest absolute Gasteiger partial charge is 0.331 e. The zero-order chi connectivity index (χ0) is 18.3. The topological polar surface area (TPSA) is 59.2 Å². The molecular weight excluding hydrogens is 328 g/mol. The molecule has 26 heavy (non-hydrogen) atoms. The molecule has 0 fully saturated rings. The highest BCUT2D eigenvalue weighted by molar-refractivity contribution is 5.92. The molecule has 2 aliphatic rings. The normalized spacial score (nSPS) is 20.2. The molecular formula is C19H26N6O. The van der Waals surface area contributed by atoms with Crippen molar-refractivity contribution in [2.45, 2.75) is 45.9 Å². The standard InChI is InChI=1S/C19H26N6O/c1-14(2)25-12-16(10-20-25)11-23-8-9-24-13-17(21-18(24)15(23)3)19(26)22-6-4-5-7-22/h4-5,10,12-15H,6-9,11H2,1-3H3. The molecule has 0 saturated heterocycles. The molecule has 0 N–H and O–H groups in total. The van der Waals surface area contributed by atoms with Crippen LogP contribution in [0.25, 0.3) is 0 Å². The Kier molecular flexibility index (Phi) is 4.40. The van der Waals surface area contributed by atoms with Crippen LogP contribution in [0.4, 0.5) is 0 Å². The quantitative estimate of drug-likeness (QED) is 0.790. The predicted octanol–water partition coefficient (Wildman–Crippen LogP) is 2.25. The summed E-state index contributed by atoms with van der Waals surface area (Å²) in [6.07, 6.45) is 10.0. The number of rotatable bonds is 4. The Morgan fingerprint density at radius 3 is 2.69 bits per heavy atom. The van der Waals surface area contributed by atoms with Crippen molar-refractivity contribution in [1.82, 2.24) is 29.1 Å². The fourth-order valence-electron chi connectivity index (χ4n) is 3.64. The molecule has 2 aromatic rings. The third-order valence-corrected chi connectivity index (χ3v) is 5.25. The minimum atomic E-state index is 0.0221. The van der Waals surface area contributed by atoms with Crippen molar-refractivity contribution in [3.8, 4) is 0 Å². The summed E-state index contributed by atoms with van der Waals surface area (Å²) < 4.78 is 4.13. The van der Waals surface area contributed by atoms with Crippen LogP contribution in [-0.4, -0.2) is 54.7 Å². The van der Waals surface area contributed by atoms with Gasteiger partial charge in [0.15, 0.2) is 0 Å². The van der Waals surface area contributed by atoms with Crippen LogP contribution in [0.15, 0.2) is 30.7 Å². The van der Waals surface area contributed by atoms with Gasteiger partial charge in [-0.3, -0.25) is 14.4 Å². The van der Waals surface area contributed by atoms with Crippen LogP contribution in [0.2, 0.25) is 0 Å². The van der Waals surface area contributed by atoms with E-state index in [-0.39, 0.29) is 11.9 Å². The van der Waals surface area contributed by atoms with Gasteiger partial charge < -0.3 is 9.47 Å². The number of imidazole rings is 1. The SMILES string of the molecule is CC1c2nc(C(=O)N3CC=CC3)cn2CCN1Cc1cnn(C(C)C)c1. The summed E-state index contributed by atoms with van der Waals surface area (Å²) in [5.74, 6) is 0.997. The molecule has 0 spiro atoms. The molecule has 4 heterocycles. The van der Waals surface area contributed by atoms with E-state index in [2.05, 4.69) is 46.5 Å². The van der Waals surface area contributed by atoms with Crippen LogP contribution in [0.1, 0.15) is 54.7 Å². The van der Waals surface area contributed by atoms with Crippen LogP contribution in [-0.2, 0) is 13.1 Å². The fraction of sp³-hybridized carbons (Fsp3) is 0.526. The van der Waals surface area contributed by atoms with Gasteiger partial charge in [0.05, 0.1) is 12.2 Å². The van der Waals surface area contributed by atoms with Gasteiger partial charge >= 0.3 is 0 Å². The Morgan fingerprint density at radius 2 is 2.00 bits per heavy atom. The summed E-state index contributed by atoms with van der Waals surface area (Å²) in [4.78, 5) is 21.5. The highest BCUT2D eigenvalue weighted by atomic mass is 16.2. The van der Waals surface area contributed by atoms with Crippen molar-refractivity contribution in [3.63, 3.8) is 0 Å². The second-order valence-electron chi connectivity index (χ2n) is 7.43. The summed E-state index contributed by atoms with van der Waals surface area (Å²) in [5, 5.41) is 4.44. The number of carbonyl (C=O) groups is 1. The van der Waals surface area contributed by atoms with E-state index in [9.17, 15) is 4.79 Å². The zero-order valence-electron chi connectivity index (χ0n) is 15.7. The summed E-state index contributed by atoms with van der Waals surface area (Å²) in [7, 11) is 0. The monoisotopic (exact) mass is 354 g/mol. The van der Waals surface area contributed by atoms with Crippen LogP contribution in [0, 0.1) is 0 Å². The molecule has 0 radical (unpaired) electrons. The Bertz CT molecular complexity index is 825. The van der Waals surface area contributed by atoms with Gasteiger partial charge in [-0.15, -0.1) is 0 Å². The Morgan fingerprint density at radius 1 is 1.23 bits per heavy atom. The first kappa shape index (κ1) is 17.0. The van der Waals surface area contributed by atoms with Crippen molar-refractivity contribution in [3.05, 3.63) is 47.8 Å². The van der Waals surface area contributed by atoms with Gasteiger partial charge in [0.25, 0.3) is 5.91 Å². The highest BCUT2D eigenvalue weighted by Crippen LogP contribution is 2.26. The van der Waals surface area contributed by atoms with Gasteiger partial charge in [0.2, 0.25) is 0 Å². The number of amides is 1. The highest BCUT2D eigenvalue weighted by Gasteiger charge is 2.29. The first-order chi connectivity index (χ1) is 12.5. The first-order valence-corrected chi connectivity index (χ1v) is 9.31. The van der Waals surface area contributed by atoms with E-state index in [1.165, 1.54) is 5.56 Å². The van der Waals surface area contributed by atoms with Crippen molar-refractivity contribution in [2.24, 2.45) is 0 Å². The molecule has 0 saturated carbocycles. The van der Waals surface area contributed by atoms with E-state index >= 15 is 0 Å². The molecule has 1 atom stereocenters. The average molecular weight is 354 g/mol. The number of nitrogens with zero attached hydrogens (tertiary/aromatic N) is 6. The first-order valence-electron chi connectivity index (χ1n) is 9.31. The van der Waals surface area contributed by atoms with Gasteiger partial charge in [-0.05, 0) is 20.8 Å². The fourth-order valence-corrected chi connectivity index (χ4v) is 3.64. The maximum Gasteiger partial charge on any atom is 0.274 e. The third-order valence-electron chi connectivity index (χ3n) is 5.25. The van der Waals surface area contributed by atoms with Crippen LogP contribution >= 0.6 is 0 Å².